The standard InChI is InChI=1S/C20H35N9O5/c1-3-11(2)16(19(34)26-9-15(30)31)29-18(33)14(7-12-8-24-10-27-12)28-17(32)13(21)5-4-6-25-20(22)23/h8,10-11,13-14,16H,3-7,9,21H2,1-2H3,(H,24,27)(H,26,34)(H,28,32)(H,29,33)(H,30,31)(H4,22,23,25). The van der Waals surface area contributed by atoms with Crippen molar-refractivity contribution in [3.05, 3.63) is 18.2 Å². The number of aromatic amines is 1. The Bertz CT molecular complexity index is 839. The number of carbonyl (C=O) groups excluding carboxylic acids is 3. The molecule has 1 aromatic rings. The highest BCUT2D eigenvalue weighted by Gasteiger charge is 2.31. The summed E-state index contributed by atoms with van der Waals surface area (Å²) in [4.78, 5) is 59.6. The Morgan fingerprint density at radius 3 is 2.44 bits per heavy atom. The number of aliphatic carboxylic acids is 1. The number of guanidine groups is 1. The predicted molar refractivity (Wildman–Crippen MR) is 124 cm³/mol. The van der Waals surface area contributed by atoms with Crippen LogP contribution in [0.15, 0.2) is 17.5 Å². The molecular weight excluding hydrogens is 446 g/mol. The van der Waals surface area contributed by atoms with Gasteiger partial charge in [0, 0.05) is 24.9 Å². The van der Waals surface area contributed by atoms with Gasteiger partial charge in [-0.3, -0.25) is 24.2 Å². The minimum Gasteiger partial charge on any atom is -0.480 e. The second-order valence-electron chi connectivity index (χ2n) is 7.88. The van der Waals surface area contributed by atoms with Crippen LogP contribution < -0.4 is 33.2 Å². The van der Waals surface area contributed by atoms with Crippen molar-refractivity contribution in [2.24, 2.45) is 28.1 Å². The summed E-state index contributed by atoms with van der Waals surface area (Å²) in [6, 6.07) is -2.96. The van der Waals surface area contributed by atoms with Gasteiger partial charge < -0.3 is 43.2 Å². The highest BCUT2D eigenvalue weighted by molar-refractivity contribution is 5.94. The average Bonchev–Trinajstić information content (AvgIpc) is 3.30. The molecule has 0 radical (unpaired) electrons. The molecule has 4 atom stereocenters. The van der Waals surface area contributed by atoms with E-state index in [0.717, 1.165) is 0 Å². The summed E-state index contributed by atoms with van der Waals surface area (Å²) in [5.41, 5.74) is 17.1. The van der Waals surface area contributed by atoms with E-state index in [0.29, 0.717) is 25.1 Å². The number of hydrogen-bond donors (Lipinski definition) is 8. The Balaban J connectivity index is 2.91. The number of amides is 3. The molecule has 14 heteroatoms. The number of imidazole rings is 1. The van der Waals surface area contributed by atoms with Gasteiger partial charge in [0.15, 0.2) is 5.96 Å². The zero-order chi connectivity index (χ0) is 25.7. The van der Waals surface area contributed by atoms with Gasteiger partial charge in [-0.05, 0) is 18.8 Å². The summed E-state index contributed by atoms with van der Waals surface area (Å²) in [5.74, 6) is -3.36. The highest BCUT2D eigenvalue weighted by Crippen LogP contribution is 2.10. The molecule has 0 aromatic carbocycles. The molecule has 4 unspecified atom stereocenters. The molecule has 14 nitrogen and oxygen atoms in total. The zero-order valence-electron chi connectivity index (χ0n) is 19.4. The minimum atomic E-state index is -1.21. The van der Waals surface area contributed by atoms with Crippen LogP contribution in [0, 0.1) is 5.92 Å². The van der Waals surface area contributed by atoms with Crippen LogP contribution in [0.3, 0.4) is 0 Å². The van der Waals surface area contributed by atoms with Crippen molar-refractivity contribution < 1.29 is 24.3 Å². The van der Waals surface area contributed by atoms with E-state index in [1.54, 1.807) is 6.92 Å². The van der Waals surface area contributed by atoms with Gasteiger partial charge >= 0.3 is 5.97 Å². The molecule has 0 aliphatic carbocycles. The predicted octanol–water partition coefficient (Wildman–Crippen LogP) is -2.45. The van der Waals surface area contributed by atoms with E-state index in [1.165, 1.54) is 12.5 Å². The van der Waals surface area contributed by atoms with Crippen LogP contribution in [-0.2, 0) is 25.6 Å². The smallest absolute Gasteiger partial charge is 0.322 e. The molecule has 3 amide bonds. The molecule has 34 heavy (non-hydrogen) atoms. The lowest BCUT2D eigenvalue weighted by Gasteiger charge is -2.26. The largest absolute Gasteiger partial charge is 0.480 e. The van der Waals surface area contributed by atoms with Crippen LogP contribution in [0.5, 0.6) is 0 Å². The van der Waals surface area contributed by atoms with Gasteiger partial charge in [-0.2, -0.15) is 0 Å². The first kappa shape index (κ1) is 28.4. The molecule has 0 fully saturated rings. The number of rotatable bonds is 15. The van der Waals surface area contributed by atoms with Crippen molar-refractivity contribution in [2.45, 2.75) is 57.7 Å². The topological polar surface area (TPSA) is 244 Å². The van der Waals surface area contributed by atoms with E-state index in [9.17, 15) is 19.2 Å². The number of aromatic nitrogens is 2. The van der Waals surface area contributed by atoms with Gasteiger partial charge in [0.25, 0.3) is 0 Å². The number of carbonyl (C=O) groups is 4. The van der Waals surface area contributed by atoms with E-state index in [2.05, 4.69) is 30.9 Å². The number of H-pyrrole nitrogens is 1. The van der Waals surface area contributed by atoms with Crippen LogP contribution >= 0.6 is 0 Å². The first-order valence-electron chi connectivity index (χ1n) is 10.9. The molecule has 0 aliphatic rings. The Morgan fingerprint density at radius 1 is 1.18 bits per heavy atom. The fraction of sp³-hybridized carbons (Fsp3) is 0.600. The third kappa shape index (κ3) is 10.3. The van der Waals surface area contributed by atoms with Gasteiger partial charge in [-0.1, -0.05) is 20.3 Å². The molecule has 0 saturated heterocycles. The maximum atomic E-state index is 13.1. The Morgan fingerprint density at radius 2 is 1.88 bits per heavy atom. The minimum absolute atomic E-state index is 0.0578. The Hall–Kier alpha value is -3.68. The molecule has 1 heterocycles. The fourth-order valence-electron chi connectivity index (χ4n) is 2.98. The van der Waals surface area contributed by atoms with E-state index in [-0.39, 0.29) is 24.7 Å². The summed E-state index contributed by atoms with van der Waals surface area (Å²) >= 11 is 0. The third-order valence-electron chi connectivity index (χ3n) is 5.12. The number of hydrogen-bond acceptors (Lipinski definition) is 7. The SMILES string of the molecule is CCC(C)C(NC(=O)C(Cc1cnc[nH]1)NC(=O)C(N)CCCN=C(N)N)C(=O)NCC(=O)O. The van der Waals surface area contributed by atoms with Crippen LogP contribution in [0.2, 0.25) is 0 Å². The number of carboxylic acid groups (broad SMARTS) is 1. The quantitative estimate of drug-likeness (QED) is 0.0751. The molecule has 0 spiro atoms. The molecule has 0 saturated carbocycles. The Kier molecular flexibility index (Phi) is 12.1. The second-order valence-corrected chi connectivity index (χ2v) is 7.88. The lowest BCUT2D eigenvalue weighted by molar-refractivity contribution is -0.139. The molecule has 1 rings (SSSR count). The highest BCUT2D eigenvalue weighted by atomic mass is 16.4. The van der Waals surface area contributed by atoms with Crippen molar-refractivity contribution in [2.75, 3.05) is 13.1 Å². The summed E-state index contributed by atoms with van der Waals surface area (Å²) in [6.45, 7) is 3.31. The number of carboxylic acids is 1. The average molecular weight is 482 g/mol. The normalized spacial score (nSPS) is 14.2. The molecule has 11 N–H and O–H groups in total. The van der Waals surface area contributed by atoms with Gasteiger partial charge in [-0.15, -0.1) is 0 Å². The van der Waals surface area contributed by atoms with Crippen molar-refractivity contribution in [1.29, 1.82) is 0 Å². The monoisotopic (exact) mass is 481 g/mol. The van der Waals surface area contributed by atoms with E-state index in [1.807, 2.05) is 6.92 Å². The van der Waals surface area contributed by atoms with Crippen molar-refractivity contribution in [1.82, 2.24) is 25.9 Å². The first-order chi connectivity index (χ1) is 16.0. The summed E-state index contributed by atoms with van der Waals surface area (Å²) in [5, 5.41) is 16.4. The van der Waals surface area contributed by atoms with Crippen molar-refractivity contribution in [3.8, 4) is 0 Å². The van der Waals surface area contributed by atoms with Crippen LogP contribution in [0.1, 0.15) is 38.8 Å². The third-order valence-corrected chi connectivity index (χ3v) is 5.12. The van der Waals surface area contributed by atoms with Gasteiger partial charge in [-0.25, -0.2) is 4.98 Å². The number of nitrogens with two attached hydrogens (primary N) is 3. The molecule has 190 valence electrons. The number of nitrogens with one attached hydrogen (secondary N) is 4. The maximum absolute atomic E-state index is 13.1. The fourth-order valence-corrected chi connectivity index (χ4v) is 2.98. The van der Waals surface area contributed by atoms with Crippen LogP contribution in [0.4, 0.5) is 0 Å². The second kappa shape index (κ2) is 14.5. The number of nitrogens with zero attached hydrogens (tertiary/aromatic N) is 2. The van der Waals surface area contributed by atoms with Crippen molar-refractivity contribution in [3.63, 3.8) is 0 Å². The molecule has 0 aliphatic heterocycles. The number of aliphatic imine (C=N–C) groups is 1. The lowest BCUT2D eigenvalue weighted by Crippen LogP contribution is -2.58. The van der Waals surface area contributed by atoms with Gasteiger partial charge in [0.05, 0.1) is 12.4 Å². The zero-order valence-corrected chi connectivity index (χ0v) is 19.4. The summed E-state index contributed by atoms with van der Waals surface area (Å²) < 4.78 is 0. The van der Waals surface area contributed by atoms with Crippen molar-refractivity contribution >= 4 is 29.7 Å². The van der Waals surface area contributed by atoms with Gasteiger partial charge in [0.1, 0.15) is 18.6 Å². The Labute approximate surface area is 197 Å². The maximum Gasteiger partial charge on any atom is 0.322 e. The summed E-state index contributed by atoms with van der Waals surface area (Å²) in [7, 11) is 0. The van der Waals surface area contributed by atoms with Crippen LogP contribution in [0.25, 0.3) is 0 Å². The van der Waals surface area contributed by atoms with Crippen LogP contribution in [-0.4, -0.2) is 75.9 Å². The van der Waals surface area contributed by atoms with E-state index >= 15 is 0 Å². The molecular formula is C20H35N9O5. The first-order valence-corrected chi connectivity index (χ1v) is 10.9. The van der Waals surface area contributed by atoms with E-state index < -0.39 is 48.4 Å². The van der Waals surface area contributed by atoms with E-state index in [4.69, 9.17) is 22.3 Å². The summed E-state index contributed by atoms with van der Waals surface area (Å²) in [6.07, 6.45) is 4.31. The van der Waals surface area contributed by atoms with Gasteiger partial charge in [0.2, 0.25) is 17.7 Å². The molecule has 0 bridgehead atoms. The molecule has 1 aromatic heterocycles. The lowest BCUT2D eigenvalue weighted by atomic mass is 9.97.